The number of aromatic nitrogens is 5. The van der Waals surface area contributed by atoms with Crippen molar-refractivity contribution in [3.05, 3.63) is 12.4 Å². The first-order valence-electron chi connectivity index (χ1n) is 5.00. The smallest absolute Gasteiger partial charge is 0.313 e. The fourth-order valence-corrected chi connectivity index (χ4v) is 2.59. The number of rotatable bonds is 7. The molecule has 8 nitrogen and oxygen atoms in total. The van der Waals surface area contributed by atoms with E-state index in [2.05, 4.69) is 25.8 Å². The lowest BCUT2D eigenvalue weighted by Crippen LogP contribution is -2.10. The molecule has 2 aromatic rings. The Morgan fingerprint density at radius 2 is 2.44 bits per heavy atom. The molecule has 0 amide bonds. The van der Waals surface area contributed by atoms with Crippen LogP contribution in [0.4, 0.5) is 5.13 Å². The molecule has 2 heterocycles. The monoisotopic (exact) mass is 286 g/mol. The number of anilines is 1. The van der Waals surface area contributed by atoms with Crippen molar-refractivity contribution in [3.8, 4) is 0 Å². The standard InChI is InChI=1S/C8H10N6O2S2/c15-6(16)5-17-8-12-11-7(18-8)9-1-3-14-4-2-10-13-14/h2,4H,1,3,5H2,(H,9,11)(H,15,16). The minimum atomic E-state index is -0.865. The molecule has 0 aliphatic rings. The summed E-state index contributed by atoms with van der Waals surface area (Å²) in [5.74, 6) is -0.871. The quantitative estimate of drug-likeness (QED) is 0.705. The minimum Gasteiger partial charge on any atom is -0.481 e. The summed E-state index contributed by atoms with van der Waals surface area (Å²) in [7, 11) is 0. The predicted molar refractivity (Wildman–Crippen MR) is 66.8 cm³/mol. The molecule has 0 bridgehead atoms. The van der Waals surface area contributed by atoms with Crippen molar-refractivity contribution < 1.29 is 9.90 Å². The van der Waals surface area contributed by atoms with Crippen LogP contribution in [0.15, 0.2) is 16.7 Å². The largest absolute Gasteiger partial charge is 0.481 e. The number of aliphatic carboxylic acids is 1. The van der Waals surface area contributed by atoms with Crippen molar-refractivity contribution in [2.24, 2.45) is 0 Å². The lowest BCUT2D eigenvalue weighted by Gasteiger charge is -2.00. The molecule has 18 heavy (non-hydrogen) atoms. The molecular formula is C8H10N6O2S2. The Kier molecular flexibility index (Phi) is 4.47. The van der Waals surface area contributed by atoms with E-state index in [0.29, 0.717) is 22.6 Å². The second kappa shape index (κ2) is 6.31. The van der Waals surface area contributed by atoms with Gasteiger partial charge in [-0.25, -0.2) is 0 Å². The molecular weight excluding hydrogens is 276 g/mol. The molecule has 0 aliphatic carbocycles. The van der Waals surface area contributed by atoms with E-state index >= 15 is 0 Å². The summed E-state index contributed by atoms with van der Waals surface area (Å²) in [6, 6.07) is 0. The summed E-state index contributed by atoms with van der Waals surface area (Å²) in [5, 5.41) is 27.6. The second-order valence-corrected chi connectivity index (χ2v) is 5.35. The first kappa shape index (κ1) is 12.8. The van der Waals surface area contributed by atoms with Crippen molar-refractivity contribution in [1.82, 2.24) is 25.2 Å². The van der Waals surface area contributed by atoms with Gasteiger partial charge in [-0.05, 0) is 0 Å². The highest BCUT2D eigenvalue weighted by molar-refractivity contribution is 8.01. The molecule has 0 saturated carbocycles. The zero-order chi connectivity index (χ0) is 12.8. The SMILES string of the molecule is O=C(O)CSc1nnc(NCCn2ccnn2)s1. The van der Waals surface area contributed by atoms with E-state index in [1.165, 1.54) is 11.3 Å². The summed E-state index contributed by atoms with van der Waals surface area (Å²) >= 11 is 2.49. The van der Waals surface area contributed by atoms with Gasteiger partial charge in [0.15, 0.2) is 4.34 Å². The van der Waals surface area contributed by atoms with Gasteiger partial charge in [0.1, 0.15) is 0 Å². The van der Waals surface area contributed by atoms with E-state index in [4.69, 9.17) is 5.11 Å². The highest BCUT2D eigenvalue weighted by Gasteiger charge is 2.06. The van der Waals surface area contributed by atoms with Gasteiger partial charge in [-0.1, -0.05) is 28.3 Å². The average molecular weight is 286 g/mol. The second-order valence-electron chi connectivity index (χ2n) is 3.15. The van der Waals surface area contributed by atoms with Crippen LogP contribution in [0.2, 0.25) is 0 Å². The molecule has 0 spiro atoms. The number of nitrogens with one attached hydrogen (secondary N) is 1. The summed E-state index contributed by atoms with van der Waals surface area (Å²) < 4.78 is 2.34. The van der Waals surface area contributed by atoms with Crippen LogP contribution in [-0.2, 0) is 11.3 Å². The third-order valence-corrected chi connectivity index (χ3v) is 3.81. The van der Waals surface area contributed by atoms with Gasteiger partial charge in [0.05, 0.1) is 18.5 Å². The van der Waals surface area contributed by atoms with Crippen LogP contribution in [0.5, 0.6) is 0 Å². The summed E-state index contributed by atoms with van der Waals surface area (Å²) in [5.41, 5.74) is 0. The van der Waals surface area contributed by atoms with Gasteiger partial charge in [-0.2, -0.15) is 0 Å². The van der Waals surface area contributed by atoms with E-state index in [-0.39, 0.29) is 5.75 Å². The van der Waals surface area contributed by atoms with Crippen LogP contribution in [0.3, 0.4) is 0 Å². The molecule has 0 atom stereocenters. The van der Waals surface area contributed by atoms with Crippen molar-refractivity contribution in [2.75, 3.05) is 17.6 Å². The molecule has 2 N–H and O–H groups in total. The molecule has 0 radical (unpaired) electrons. The third-order valence-electron chi connectivity index (χ3n) is 1.81. The van der Waals surface area contributed by atoms with Crippen LogP contribution in [-0.4, -0.2) is 48.6 Å². The van der Waals surface area contributed by atoms with Gasteiger partial charge < -0.3 is 10.4 Å². The van der Waals surface area contributed by atoms with Crippen molar-refractivity contribution >= 4 is 34.2 Å². The molecule has 0 aliphatic heterocycles. The average Bonchev–Trinajstić information content (AvgIpc) is 2.97. The highest BCUT2D eigenvalue weighted by atomic mass is 32.2. The predicted octanol–water partition coefficient (Wildman–Crippen LogP) is 0.418. The van der Waals surface area contributed by atoms with E-state index in [9.17, 15) is 4.79 Å². The highest BCUT2D eigenvalue weighted by Crippen LogP contribution is 2.24. The van der Waals surface area contributed by atoms with Gasteiger partial charge in [-0.15, -0.1) is 15.3 Å². The van der Waals surface area contributed by atoms with Crippen molar-refractivity contribution in [3.63, 3.8) is 0 Å². The summed E-state index contributed by atoms with van der Waals surface area (Å²) in [6.45, 7) is 1.33. The van der Waals surface area contributed by atoms with Gasteiger partial charge >= 0.3 is 5.97 Å². The molecule has 0 aromatic carbocycles. The van der Waals surface area contributed by atoms with Crippen molar-refractivity contribution in [2.45, 2.75) is 10.9 Å². The number of carboxylic acid groups (broad SMARTS) is 1. The molecule has 2 rings (SSSR count). The maximum absolute atomic E-state index is 10.4. The van der Waals surface area contributed by atoms with E-state index in [1.54, 1.807) is 17.1 Å². The van der Waals surface area contributed by atoms with Crippen LogP contribution in [0.1, 0.15) is 0 Å². The van der Waals surface area contributed by atoms with Crippen LogP contribution < -0.4 is 5.32 Å². The molecule has 0 fully saturated rings. The molecule has 96 valence electrons. The lowest BCUT2D eigenvalue weighted by molar-refractivity contribution is -0.133. The van der Waals surface area contributed by atoms with Gasteiger partial charge in [0.2, 0.25) is 5.13 Å². The number of nitrogens with zero attached hydrogens (tertiary/aromatic N) is 5. The summed E-state index contributed by atoms with van der Waals surface area (Å²) in [4.78, 5) is 10.4. The number of hydrogen-bond acceptors (Lipinski definition) is 8. The molecule has 0 saturated heterocycles. The number of thioether (sulfide) groups is 1. The van der Waals surface area contributed by atoms with E-state index < -0.39 is 5.97 Å². The molecule has 10 heteroatoms. The fourth-order valence-electron chi connectivity index (χ4n) is 1.09. The van der Waals surface area contributed by atoms with Gasteiger partial charge in [0, 0.05) is 12.7 Å². The van der Waals surface area contributed by atoms with Gasteiger partial charge in [0.25, 0.3) is 0 Å². The van der Waals surface area contributed by atoms with E-state index in [0.717, 1.165) is 11.8 Å². The van der Waals surface area contributed by atoms with E-state index in [1.807, 2.05) is 0 Å². The Hall–Kier alpha value is -1.68. The number of carbonyl (C=O) groups is 1. The first-order valence-corrected chi connectivity index (χ1v) is 6.80. The first-order chi connectivity index (χ1) is 8.74. The lowest BCUT2D eigenvalue weighted by atomic mass is 10.6. The summed E-state index contributed by atoms with van der Waals surface area (Å²) in [6.07, 6.45) is 3.39. The zero-order valence-corrected chi connectivity index (χ0v) is 10.8. The number of hydrogen-bond donors (Lipinski definition) is 2. The van der Waals surface area contributed by atoms with Crippen LogP contribution in [0.25, 0.3) is 0 Å². The topological polar surface area (TPSA) is 106 Å². The third kappa shape index (κ3) is 3.96. The fraction of sp³-hybridized carbons (Fsp3) is 0.375. The Morgan fingerprint density at radius 3 is 3.17 bits per heavy atom. The molecule has 2 aromatic heterocycles. The van der Waals surface area contributed by atoms with Gasteiger partial charge in [-0.3, -0.25) is 9.48 Å². The number of carboxylic acids is 1. The maximum atomic E-state index is 10.4. The van der Waals surface area contributed by atoms with Crippen molar-refractivity contribution in [1.29, 1.82) is 0 Å². The Labute approximate surface area is 110 Å². The van der Waals surface area contributed by atoms with Crippen LogP contribution in [0, 0.1) is 0 Å². The van der Waals surface area contributed by atoms with Crippen LogP contribution >= 0.6 is 23.1 Å². The zero-order valence-electron chi connectivity index (χ0n) is 9.18. The Bertz CT molecular complexity index is 499. The normalized spacial score (nSPS) is 10.4. The molecule has 0 unspecified atom stereocenters. The Morgan fingerprint density at radius 1 is 1.56 bits per heavy atom. The maximum Gasteiger partial charge on any atom is 0.313 e. The Balaban J connectivity index is 1.74. The minimum absolute atomic E-state index is 0.00636.